The van der Waals surface area contributed by atoms with Crippen molar-refractivity contribution in [3.05, 3.63) is 35.9 Å². The second-order valence-electron chi connectivity index (χ2n) is 7.99. The molecule has 1 aromatic carbocycles. The van der Waals surface area contributed by atoms with Gasteiger partial charge in [0.25, 0.3) is 0 Å². The van der Waals surface area contributed by atoms with Gasteiger partial charge < -0.3 is 30.9 Å². The zero-order valence-electron chi connectivity index (χ0n) is 19.9. The molecule has 0 spiro atoms. The first-order valence-corrected chi connectivity index (χ1v) is 11.6. The smallest absolute Gasteiger partial charge is 0.345 e. The van der Waals surface area contributed by atoms with E-state index in [0.29, 0.717) is 37.8 Å². The number of unbranched alkanes of at least 4 members (excludes halogenated alkanes) is 1. The molecule has 0 aromatic heterocycles. The highest BCUT2D eigenvalue weighted by molar-refractivity contribution is 5.84. The van der Waals surface area contributed by atoms with Gasteiger partial charge >= 0.3 is 17.9 Å². The molecular formula is C24H33N3O9. The van der Waals surface area contributed by atoms with Crippen LogP contribution in [0.5, 0.6) is 0 Å². The summed E-state index contributed by atoms with van der Waals surface area (Å²) < 4.78 is 5.00. The van der Waals surface area contributed by atoms with Gasteiger partial charge in [0, 0.05) is 32.4 Å². The molecule has 1 rings (SSSR count). The summed E-state index contributed by atoms with van der Waals surface area (Å²) in [6.07, 6.45) is 0.260. The molecule has 12 nitrogen and oxygen atoms in total. The van der Waals surface area contributed by atoms with Crippen LogP contribution in [0.3, 0.4) is 0 Å². The Morgan fingerprint density at radius 2 is 1.58 bits per heavy atom. The number of carboxylic acids is 2. The van der Waals surface area contributed by atoms with Crippen molar-refractivity contribution in [1.82, 2.24) is 16.0 Å². The van der Waals surface area contributed by atoms with Crippen molar-refractivity contribution in [2.45, 2.75) is 63.5 Å². The van der Waals surface area contributed by atoms with E-state index < -0.39 is 41.9 Å². The minimum absolute atomic E-state index is 0.0171. The van der Waals surface area contributed by atoms with E-state index in [-0.39, 0.29) is 38.6 Å². The predicted molar refractivity (Wildman–Crippen MR) is 127 cm³/mol. The molecule has 2 atom stereocenters. The molecule has 198 valence electrons. The Bertz CT molecular complexity index is 877. The molecule has 1 unspecified atom stereocenters. The standard InChI is InChI=1S/C24H33N3O9/c28-16-25-13-6-10-21(30)27-18(23(32)33)9-4-5-14-26-20(29)11-12-22(31)36-19(24(34)35)15-17-7-2-1-3-8-17/h1-3,7-8,16,18-19H,4-6,9-15H2,(H,25,28)(H,26,29)(H,27,30)(H,32,33)(H,34,35)/t18?,19-/m1/s1. The van der Waals surface area contributed by atoms with Crippen LogP contribution >= 0.6 is 0 Å². The van der Waals surface area contributed by atoms with Crippen LogP contribution in [0.2, 0.25) is 0 Å². The Balaban J connectivity index is 2.25. The first-order chi connectivity index (χ1) is 17.2. The number of hydrogen-bond donors (Lipinski definition) is 5. The molecule has 0 saturated heterocycles. The maximum absolute atomic E-state index is 12.0. The fourth-order valence-corrected chi connectivity index (χ4v) is 3.16. The summed E-state index contributed by atoms with van der Waals surface area (Å²) in [6, 6.07) is 7.66. The van der Waals surface area contributed by atoms with Crippen LogP contribution in [0, 0.1) is 0 Å². The highest BCUT2D eigenvalue weighted by Gasteiger charge is 2.23. The number of ether oxygens (including phenoxy) is 1. The van der Waals surface area contributed by atoms with Gasteiger partial charge in [-0.05, 0) is 31.2 Å². The van der Waals surface area contributed by atoms with Crippen LogP contribution in [0.15, 0.2) is 30.3 Å². The Morgan fingerprint density at radius 1 is 0.861 bits per heavy atom. The third-order valence-electron chi connectivity index (χ3n) is 5.05. The zero-order chi connectivity index (χ0) is 26.8. The predicted octanol–water partition coefficient (Wildman–Crippen LogP) is 0.388. The lowest BCUT2D eigenvalue weighted by Gasteiger charge is -2.15. The Kier molecular flexibility index (Phi) is 14.6. The molecule has 0 aliphatic heterocycles. The molecule has 12 heteroatoms. The maximum atomic E-state index is 12.0. The van der Waals surface area contributed by atoms with Crippen LogP contribution in [-0.2, 0) is 39.9 Å². The molecule has 0 heterocycles. The summed E-state index contributed by atoms with van der Waals surface area (Å²) in [5, 5.41) is 26.0. The fourth-order valence-electron chi connectivity index (χ4n) is 3.16. The van der Waals surface area contributed by atoms with Crippen LogP contribution < -0.4 is 16.0 Å². The number of carboxylic acid groups (broad SMARTS) is 2. The Morgan fingerprint density at radius 3 is 2.22 bits per heavy atom. The Labute approximate surface area is 208 Å². The van der Waals surface area contributed by atoms with Gasteiger partial charge in [-0.15, -0.1) is 0 Å². The second kappa shape index (κ2) is 17.5. The van der Waals surface area contributed by atoms with Gasteiger partial charge in [0.05, 0.1) is 6.42 Å². The van der Waals surface area contributed by atoms with Gasteiger partial charge in [-0.25, -0.2) is 9.59 Å². The summed E-state index contributed by atoms with van der Waals surface area (Å²) in [5.74, 6) is -4.08. The number of amides is 3. The van der Waals surface area contributed by atoms with E-state index in [1.54, 1.807) is 30.3 Å². The van der Waals surface area contributed by atoms with Crippen molar-refractivity contribution in [1.29, 1.82) is 0 Å². The lowest BCUT2D eigenvalue weighted by atomic mass is 10.1. The van der Waals surface area contributed by atoms with E-state index >= 15 is 0 Å². The lowest BCUT2D eigenvalue weighted by Crippen LogP contribution is -2.41. The maximum Gasteiger partial charge on any atom is 0.345 e. The van der Waals surface area contributed by atoms with Gasteiger partial charge in [0.1, 0.15) is 6.04 Å². The average molecular weight is 508 g/mol. The number of esters is 1. The number of aliphatic carboxylic acids is 2. The van der Waals surface area contributed by atoms with E-state index in [4.69, 9.17) is 4.74 Å². The topological polar surface area (TPSA) is 188 Å². The minimum Gasteiger partial charge on any atom is -0.480 e. The molecule has 5 N–H and O–H groups in total. The summed E-state index contributed by atoms with van der Waals surface area (Å²) >= 11 is 0. The van der Waals surface area contributed by atoms with Gasteiger partial charge in [-0.3, -0.25) is 19.2 Å². The normalized spacial score (nSPS) is 12.0. The van der Waals surface area contributed by atoms with Gasteiger partial charge in [-0.2, -0.15) is 0 Å². The minimum atomic E-state index is -1.35. The summed E-state index contributed by atoms with van der Waals surface area (Å²) in [6.45, 7) is 0.567. The highest BCUT2D eigenvalue weighted by atomic mass is 16.6. The molecule has 0 aliphatic rings. The van der Waals surface area contributed by atoms with Crippen molar-refractivity contribution in [3.8, 4) is 0 Å². The van der Waals surface area contributed by atoms with Crippen molar-refractivity contribution >= 4 is 36.1 Å². The Hall–Kier alpha value is -3.96. The molecule has 0 fully saturated rings. The first-order valence-electron chi connectivity index (χ1n) is 11.6. The van der Waals surface area contributed by atoms with E-state index in [2.05, 4.69) is 16.0 Å². The molecule has 1 aromatic rings. The molecule has 36 heavy (non-hydrogen) atoms. The van der Waals surface area contributed by atoms with Crippen LogP contribution in [0.4, 0.5) is 0 Å². The van der Waals surface area contributed by atoms with Gasteiger partial charge in [-0.1, -0.05) is 30.3 Å². The monoisotopic (exact) mass is 507 g/mol. The average Bonchev–Trinajstić information content (AvgIpc) is 2.84. The lowest BCUT2D eigenvalue weighted by molar-refractivity contribution is -0.164. The number of hydrogen-bond acceptors (Lipinski definition) is 7. The third kappa shape index (κ3) is 13.7. The van der Waals surface area contributed by atoms with E-state index in [9.17, 15) is 39.0 Å². The van der Waals surface area contributed by atoms with E-state index in [1.165, 1.54) is 0 Å². The summed E-state index contributed by atoms with van der Waals surface area (Å²) in [5.41, 5.74) is 0.701. The zero-order valence-corrected chi connectivity index (χ0v) is 19.9. The largest absolute Gasteiger partial charge is 0.480 e. The second-order valence-corrected chi connectivity index (χ2v) is 7.99. The van der Waals surface area contributed by atoms with Gasteiger partial charge in [0.2, 0.25) is 24.3 Å². The molecule has 0 saturated carbocycles. The molecular weight excluding hydrogens is 474 g/mol. The molecule has 0 radical (unpaired) electrons. The van der Waals surface area contributed by atoms with E-state index in [0.717, 1.165) is 0 Å². The number of carbonyl (C=O) groups is 6. The number of benzene rings is 1. The van der Waals surface area contributed by atoms with Crippen molar-refractivity contribution in [2.24, 2.45) is 0 Å². The van der Waals surface area contributed by atoms with Crippen LogP contribution in [0.1, 0.15) is 50.5 Å². The third-order valence-corrected chi connectivity index (χ3v) is 5.05. The highest BCUT2D eigenvalue weighted by Crippen LogP contribution is 2.08. The first kappa shape index (κ1) is 30.1. The molecule has 0 aliphatic carbocycles. The van der Waals surface area contributed by atoms with E-state index in [1.807, 2.05) is 0 Å². The number of rotatable bonds is 19. The SMILES string of the molecule is O=CNCCCC(=O)NC(CCCCNC(=O)CCC(=O)O[C@H](Cc1ccccc1)C(=O)O)C(=O)O. The number of carbonyl (C=O) groups excluding carboxylic acids is 4. The number of nitrogens with one attached hydrogen (secondary N) is 3. The molecule has 0 bridgehead atoms. The summed E-state index contributed by atoms with van der Waals surface area (Å²) in [4.78, 5) is 68.6. The van der Waals surface area contributed by atoms with Crippen molar-refractivity contribution < 1.29 is 43.7 Å². The summed E-state index contributed by atoms with van der Waals surface area (Å²) in [7, 11) is 0. The van der Waals surface area contributed by atoms with Gasteiger partial charge in [0.15, 0.2) is 0 Å². The fraction of sp³-hybridized carbons (Fsp3) is 0.500. The van der Waals surface area contributed by atoms with Crippen molar-refractivity contribution in [3.63, 3.8) is 0 Å². The quantitative estimate of drug-likeness (QED) is 0.100. The van der Waals surface area contributed by atoms with Crippen molar-refractivity contribution in [2.75, 3.05) is 13.1 Å². The van der Waals surface area contributed by atoms with Crippen LogP contribution in [0.25, 0.3) is 0 Å². The van der Waals surface area contributed by atoms with Crippen LogP contribution in [-0.4, -0.2) is 71.6 Å². The molecule has 3 amide bonds.